The van der Waals surface area contributed by atoms with Crippen LogP contribution in [0.2, 0.25) is 0 Å². The highest BCUT2D eigenvalue weighted by molar-refractivity contribution is 5.96. The first kappa shape index (κ1) is 16.0. The number of anilines is 1. The molecule has 0 saturated carbocycles. The zero-order valence-electron chi connectivity index (χ0n) is 10.9. The van der Waals surface area contributed by atoms with E-state index in [2.05, 4.69) is 5.32 Å². The maximum absolute atomic E-state index is 13.3. The zero-order valence-corrected chi connectivity index (χ0v) is 10.9. The molecular weight excluding hydrogens is 275 g/mol. The van der Waals surface area contributed by atoms with Crippen LogP contribution in [-0.4, -0.2) is 23.9 Å². The van der Waals surface area contributed by atoms with E-state index >= 15 is 0 Å². The van der Waals surface area contributed by atoms with Gasteiger partial charge in [0.1, 0.15) is 0 Å². The molecule has 0 aliphatic carbocycles. The molecule has 0 fully saturated rings. The summed E-state index contributed by atoms with van der Waals surface area (Å²) in [7, 11) is 0. The molecule has 1 aromatic rings. The van der Waals surface area contributed by atoms with Crippen molar-refractivity contribution in [1.82, 2.24) is 5.32 Å². The molecule has 0 aromatic heterocycles. The molecule has 20 heavy (non-hydrogen) atoms. The van der Waals surface area contributed by atoms with Crippen LogP contribution in [-0.2, 0) is 9.59 Å². The summed E-state index contributed by atoms with van der Waals surface area (Å²) >= 11 is 0. The second-order valence-electron chi connectivity index (χ2n) is 4.68. The van der Waals surface area contributed by atoms with Gasteiger partial charge in [-0.25, -0.2) is 13.2 Å². The van der Waals surface area contributed by atoms with Gasteiger partial charge in [0.25, 0.3) is 0 Å². The molecular formula is C12H14F3N3O2. The zero-order chi connectivity index (χ0) is 15.5. The van der Waals surface area contributed by atoms with Crippen molar-refractivity contribution in [3.05, 3.63) is 29.6 Å². The average Bonchev–Trinajstić information content (AvgIpc) is 2.35. The molecule has 0 radical (unpaired) electrons. The Morgan fingerprint density at radius 1 is 1.20 bits per heavy atom. The SMILES string of the molecule is CC(C)(N)C(=O)NCC(=O)Nc1ccc(F)c(F)c1F. The van der Waals surface area contributed by atoms with Gasteiger partial charge in [0.05, 0.1) is 17.8 Å². The number of amides is 2. The van der Waals surface area contributed by atoms with Crippen molar-refractivity contribution in [2.45, 2.75) is 19.4 Å². The van der Waals surface area contributed by atoms with Gasteiger partial charge in [0.15, 0.2) is 17.5 Å². The molecule has 0 aliphatic rings. The van der Waals surface area contributed by atoms with Gasteiger partial charge in [0, 0.05) is 0 Å². The van der Waals surface area contributed by atoms with Crippen molar-refractivity contribution in [3.8, 4) is 0 Å². The molecule has 1 aromatic carbocycles. The average molecular weight is 289 g/mol. The Kier molecular flexibility index (Phi) is 4.72. The number of nitrogens with two attached hydrogens (primary N) is 1. The molecule has 0 saturated heterocycles. The maximum Gasteiger partial charge on any atom is 0.243 e. The highest BCUT2D eigenvalue weighted by atomic mass is 19.2. The molecule has 5 nitrogen and oxygen atoms in total. The van der Waals surface area contributed by atoms with Crippen LogP contribution in [0.5, 0.6) is 0 Å². The normalized spacial score (nSPS) is 11.1. The summed E-state index contributed by atoms with van der Waals surface area (Å²) in [4.78, 5) is 22.8. The first-order chi connectivity index (χ1) is 9.12. The fourth-order valence-electron chi connectivity index (χ4n) is 1.21. The third kappa shape index (κ3) is 3.95. The highest BCUT2D eigenvalue weighted by Crippen LogP contribution is 2.19. The highest BCUT2D eigenvalue weighted by Gasteiger charge is 2.22. The van der Waals surface area contributed by atoms with E-state index in [0.717, 1.165) is 6.07 Å². The molecule has 0 aliphatic heterocycles. The quantitative estimate of drug-likeness (QED) is 0.720. The van der Waals surface area contributed by atoms with Crippen LogP contribution in [0.3, 0.4) is 0 Å². The number of hydrogen-bond acceptors (Lipinski definition) is 3. The number of hydrogen-bond donors (Lipinski definition) is 3. The van der Waals surface area contributed by atoms with Gasteiger partial charge in [-0.15, -0.1) is 0 Å². The van der Waals surface area contributed by atoms with Gasteiger partial charge < -0.3 is 16.4 Å². The van der Waals surface area contributed by atoms with E-state index in [-0.39, 0.29) is 0 Å². The molecule has 8 heteroatoms. The van der Waals surface area contributed by atoms with Crippen LogP contribution in [0.1, 0.15) is 13.8 Å². The standard InChI is InChI=1S/C12H14F3N3O2/c1-12(2,16)11(20)17-5-8(19)18-7-4-3-6(13)9(14)10(7)15/h3-4H,5,16H2,1-2H3,(H,17,20)(H,18,19). The molecule has 4 N–H and O–H groups in total. The molecule has 110 valence electrons. The van der Waals surface area contributed by atoms with Crippen LogP contribution < -0.4 is 16.4 Å². The molecule has 0 heterocycles. The fourth-order valence-corrected chi connectivity index (χ4v) is 1.21. The fraction of sp³-hybridized carbons (Fsp3) is 0.333. The Morgan fingerprint density at radius 2 is 1.80 bits per heavy atom. The largest absolute Gasteiger partial charge is 0.345 e. The maximum atomic E-state index is 13.3. The molecule has 0 unspecified atom stereocenters. The Hall–Kier alpha value is -2.09. The van der Waals surface area contributed by atoms with E-state index in [9.17, 15) is 22.8 Å². The van der Waals surface area contributed by atoms with E-state index < -0.39 is 47.0 Å². The Balaban J connectivity index is 2.64. The minimum Gasteiger partial charge on any atom is -0.345 e. The summed E-state index contributed by atoms with van der Waals surface area (Å²) in [5.74, 6) is -5.94. The monoisotopic (exact) mass is 289 g/mol. The minimum atomic E-state index is -1.69. The summed E-state index contributed by atoms with van der Waals surface area (Å²) in [6.45, 7) is 2.41. The van der Waals surface area contributed by atoms with Crippen molar-refractivity contribution in [2.24, 2.45) is 5.73 Å². The van der Waals surface area contributed by atoms with Crippen LogP contribution in [0.25, 0.3) is 0 Å². The van der Waals surface area contributed by atoms with E-state index in [4.69, 9.17) is 5.73 Å². The lowest BCUT2D eigenvalue weighted by Gasteiger charge is -2.17. The van der Waals surface area contributed by atoms with Crippen LogP contribution >= 0.6 is 0 Å². The van der Waals surface area contributed by atoms with E-state index in [0.29, 0.717) is 6.07 Å². The Morgan fingerprint density at radius 3 is 2.35 bits per heavy atom. The van der Waals surface area contributed by atoms with Crippen molar-refractivity contribution in [2.75, 3.05) is 11.9 Å². The molecule has 2 amide bonds. The predicted octanol–water partition coefficient (Wildman–Crippen LogP) is 0.896. The summed E-state index contributed by atoms with van der Waals surface area (Å²) in [6.07, 6.45) is 0. The van der Waals surface area contributed by atoms with Crippen molar-refractivity contribution >= 4 is 17.5 Å². The van der Waals surface area contributed by atoms with E-state index in [1.165, 1.54) is 13.8 Å². The number of carbonyl (C=O) groups excluding carboxylic acids is 2. The van der Waals surface area contributed by atoms with Gasteiger partial charge in [-0.3, -0.25) is 9.59 Å². The number of rotatable bonds is 4. The smallest absolute Gasteiger partial charge is 0.243 e. The number of halogens is 3. The Bertz CT molecular complexity index is 541. The lowest BCUT2D eigenvalue weighted by Crippen LogP contribution is -2.50. The first-order valence-electron chi connectivity index (χ1n) is 5.63. The molecule has 0 atom stereocenters. The van der Waals surface area contributed by atoms with Crippen LogP contribution in [0.15, 0.2) is 12.1 Å². The van der Waals surface area contributed by atoms with Crippen molar-refractivity contribution in [3.63, 3.8) is 0 Å². The van der Waals surface area contributed by atoms with E-state index in [1.54, 1.807) is 0 Å². The van der Waals surface area contributed by atoms with Gasteiger partial charge >= 0.3 is 0 Å². The minimum absolute atomic E-state index is 0.474. The summed E-state index contributed by atoms with van der Waals surface area (Å²) in [5, 5.41) is 4.23. The number of nitrogens with one attached hydrogen (secondary N) is 2. The lowest BCUT2D eigenvalue weighted by molar-refractivity contribution is -0.127. The number of benzene rings is 1. The third-order valence-electron chi connectivity index (χ3n) is 2.30. The topological polar surface area (TPSA) is 84.2 Å². The van der Waals surface area contributed by atoms with Crippen molar-refractivity contribution in [1.29, 1.82) is 0 Å². The summed E-state index contributed by atoms with van der Waals surface area (Å²) in [5.41, 5.74) is 3.79. The van der Waals surface area contributed by atoms with Gasteiger partial charge in [0.2, 0.25) is 11.8 Å². The molecule has 1 rings (SSSR count). The third-order valence-corrected chi connectivity index (χ3v) is 2.30. The molecule has 0 bridgehead atoms. The molecule has 0 spiro atoms. The Labute approximate surface area is 113 Å². The predicted molar refractivity (Wildman–Crippen MR) is 66.2 cm³/mol. The van der Waals surface area contributed by atoms with E-state index in [1.807, 2.05) is 5.32 Å². The van der Waals surface area contributed by atoms with Gasteiger partial charge in [-0.1, -0.05) is 0 Å². The van der Waals surface area contributed by atoms with Gasteiger partial charge in [-0.05, 0) is 26.0 Å². The summed E-state index contributed by atoms with van der Waals surface area (Å²) < 4.78 is 38.9. The lowest BCUT2D eigenvalue weighted by atomic mass is 10.1. The van der Waals surface area contributed by atoms with Crippen LogP contribution in [0.4, 0.5) is 18.9 Å². The van der Waals surface area contributed by atoms with Gasteiger partial charge in [-0.2, -0.15) is 0 Å². The first-order valence-corrected chi connectivity index (χ1v) is 5.63. The second-order valence-corrected chi connectivity index (χ2v) is 4.68. The van der Waals surface area contributed by atoms with Crippen molar-refractivity contribution < 1.29 is 22.8 Å². The number of carbonyl (C=O) groups is 2. The second kappa shape index (κ2) is 5.91. The van der Waals surface area contributed by atoms with Crippen LogP contribution in [0, 0.1) is 17.5 Å². The summed E-state index contributed by atoms with van der Waals surface area (Å²) in [6, 6.07) is 1.55.